The lowest BCUT2D eigenvalue weighted by Crippen LogP contribution is -2.14. The topological polar surface area (TPSA) is 3.24 Å². The molecule has 0 N–H and O–H groups in total. The van der Waals surface area contributed by atoms with Gasteiger partial charge in [0, 0.05) is 27.9 Å². The van der Waals surface area contributed by atoms with Gasteiger partial charge in [-0.25, -0.2) is 0 Å². The van der Waals surface area contributed by atoms with Crippen LogP contribution in [0.2, 0.25) is 0 Å². The van der Waals surface area contributed by atoms with Crippen LogP contribution in [0.15, 0.2) is 188 Å². The number of rotatable bonds is 6. The highest BCUT2D eigenvalue weighted by molar-refractivity contribution is 5.87. The maximum absolute atomic E-state index is 2.38. The van der Waals surface area contributed by atoms with E-state index in [4.69, 9.17) is 0 Å². The molecule has 8 aromatic rings. The lowest BCUT2D eigenvalue weighted by Gasteiger charge is -2.26. The molecule has 264 valence electrons. The molecular weight excluding hydrogens is 663 g/mol. The minimum Gasteiger partial charge on any atom is -0.311 e. The molecule has 0 radical (unpaired) electrons. The van der Waals surface area contributed by atoms with Crippen molar-refractivity contribution in [3.8, 4) is 55.6 Å². The van der Waals surface area contributed by atoms with Gasteiger partial charge in [0.05, 0.1) is 0 Å². The van der Waals surface area contributed by atoms with E-state index in [0.717, 1.165) is 17.1 Å². The van der Waals surface area contributed by atoms with Crippen molar-refractivity contribution in [1.29, 1.82) is 0 Å². The van der Waals surface area contributed by atoms with Crippen LogP contribution >= 0.6 is 0 Å². The van der Waals surface area contributed by atoms with Crippen molar-refractivity contribution in [1.82, 2.24) is 0 Å². The fourth-order valence-electron chi connectivity index (χ4n) is 9.29. The van der Waals surface area contributed by atoms with Gasteiger partial charge >= 0.3 is 0 Å². The van der Waals surface area contributed by atoms with Gasteiger partial charge in [-0.05, 0) is 126 Å². The third kappa shape index (κ3) is 5.37. The van der Waals surface area contributed by atoms with Gasteiger partial charge in [-0.1, -0.05) is 167 Å². The number of benzene rings is 8. The molecule has 0 amide bonds. The van der Waals surface area contributed by atoms with Crippen molar-refractivity contribution in [3.63, 3.8) is 0 Å². The molecule has 0 saturated heterocycles. The summed E-state index contributed by atoms with van der Waals surface area (Å²) in [6, 6.07) is 69.4. The molecule has 0 unspecified atom stereocenters. The molecule has 2 aliphatic carbocycles. The number of fused-ring (bicyclic) bond motifs is 6. The summed E-state index contributed by atoms with van der Waals surface area (Å²) in [6.07, 6.45) is 0. The van der Waals surface area contributed by atoms with Gasteiger partial charge in [0.1, 0.15) is 0 Å². The van der Waals surface area contributed by atoms with E-state index in [2.05, 4.69) is 221 Å². The normalized spacial score (nSPS) is 14.1. The lowest BCUT2D eigenvalue weighted by atomic mass is 9.82. The first-order valence-corrected chi connectivity index (χ1v) is 19.4. The molecule has 10 rings (SSSR count). The van der Waals surface area contributed by atoms with Crippen molar-refractivity contribution in [2.45, 2.75) is 38.5 Å². The Morgan fingerprint density at radius 2 is 0.582 bits per heavy atom. The summed E-state index contributed by atoms with van der Waals surface area (Å²) in [5.41, 5.74) is 21.7. The summed E-state index contributed by atoms with van der Waals surface area (Å²) in [5, 5.41) is 0. The van der Waals surface area contributed by atoms with Crippen molar-refractivity contribution >= 4 is 17.1 Å². The monoisotopic (exact) mass is 705 g/mol. The van der Waals surface area contributed by atoms with Crippen LogP contribution in [0, 0.1) is 0 Å². The largest absolute Gasteiger partial charge is 0.311 e. The second-order valence-electron chi connectivity index (χ2n) is 16.2. The molecule has 0 atom stereocenters. The summed E-state index contributed by atoms with van der Waals surface area (Å²) in [4.78, 5) is 2.37. The van der Waals surface area contributed by atoms with Gasteiger partial charge in [-0.2, -0.15) is 0 Å². The van der Waals surface area contributed by atoms with Gasteiger partial charge in [0.15, 0.2) is 0 Å². The van der Waals surface area contributed by atoms with Crippen LogP contribution in [0.3, 0.4) is 0 Å². The highest BCUT2D eigenvalue weighted by Crippen LogP contribution is 2.51. The Balaban J connectivity index is 1.01. The van der Waals surface area contributed by atoms with Crippen LogP contribution in [0.5, 0.6) is 0 Å². The average Bonchev–Trinajstić information content (AvgIpc) is 3.61. The quantitative estimate of drug-likeness (QED) is 0.166. The fourth-order valence-corrected chi connectivity index (χ4v) is 9.29. The SMILES string of the molecule is CC1(C)c2ccccc2-c2cc(-c3ccc(N(c4ccc(-c5ccccc5)cc4)c4ccc(-c5ccc6c(c5)-c5ccccc5C6(C)C)cc4)cc3)ccc21. The van der Waals surface area contributed by atoms with Gasteiger partial charge in [-0.3, -0.25) is 0 Å². The molecule has 0 spiro atoms. The highest BCUT2D eigenvalue weighted by Gasteiger charge is 2.36. The van der Waals surface area contributed by atoms with Crippen molar-refractivity contribution in [2.24, 2.45) is 0 Å². The van der Waals surface area contributed by atoms with E-state index in [1.807, 2.05) is 0 Å². The van der Waals surface area contributed by atoms with Crippen LogP contribution in [-0.4, -0.2) is 0 Å². The molecular formula is C54H43N. The summed E-state index contributed by atoms with van der Waals surface area (Å²) >= 11 is 0. The highest BCUT2D eigenvalue weighted by atomic mass is 15.1. The zero-order valence-electron chi connectivity index (χ0n) is 31.8. The van der Waals surface area contributed by atoms with Gasteiger partial charge in [0.25, 0.3) is 0 Å². The zero-order chi connectivity index (χ0) is 37.3. The van der Waals surface area contributed by atoms with E-state index in [-0.39, 0.29) is 10.8 Å². The molecule has 0 aromatic heterocycles. The molecule has 0 bridgehead atoms. The summed E-state index contributed by atoms with van der Waals surface area (Å²) < 4.78 is 0. The number of hydrogen-bond donors (Lipinski definition) is 0. The third-order valence-corrected chi connectivity index (χ3v) is 12.3. The Labute approximate surface area is 325 Å². The Kier molecular flexibility index (Phi) is 7.58. The molecule has 0 aliphatic heterocycles. The van der Waals surface area contributed by atoms with Gasteiger partial charge < -0.3 is 4.90 Å². The Bertz CT molecular complexity index is 2560. The van der Waals surface area contributed by atoms with Crippen molar-refractivity contribution in [3.05, 3.63) is 210 Å². The predicted octanol–water partition coefficient (Wildman–Crippen LogP) is 14.8. The second-order valence-corrected chi connectivity index (χ2v) is 16.2. The summed E-state index contributed by atoms with van der Waals surface area (Å²) in [5.74, 6) is 0. The molecule has 0 fully saturated rings. The van der Waals surface area contributed by atoms with Gasteiger partial charge in [-0.15, -0.1) is 0 Å². The minimum absolute atomic E-state index is 0.00328. The van der Waals surface area contributed by atoms with Crippen LogP contribution in [0.4, 0.5) is 17.1 Å². The van der Waals surface area contributed by atoms with E-state index in [0.29, 0.717) is 0 Å². The van der Waals surface area contributed by atoms with Gasteiger partial charge in [0.2, 0.25) is 0 Å². The minimum atomic E-state index is 0.00328. The van der Waals surface area contributed by atoms with Crippen LogP contribution < -0.4 is 4.90 Å². The van der Waals surface area contributed by atoms with E-state index < -0.39 is 0 Å². The maximum atomic E-state index is 2.38. The summed E-state index contributed by atoms with van der Waals surface area (Å²) in [7, 11) is 0. The van der Waals surface area contributed by atoms with Crippen molar-refractivity contribution in [2.75, 3.05) is 4.90 Å². The fraction of sp³-hybridized carbons (Fsp3) is 0.111. The van der Waals surface area contributed by atoms with E-state index >= 15 is 0 Å². The number of anilines is 3. The first-order valence-electron chi connectivity index (χ1n) is 19.4. The Morgan fingerprint density at radius 3 is 1.00 bits per heavy atom. The summed E-state index contributed by atoms with van der Waals surface area (Å²) in [6.45, 7) is 9.35. The molecule has 1 nitrogen and oxygen atoms in total. The second kappa shape index (κ2) is 12.6. The first kappa shape index (κ1) is 33.2. The van der Waals surface area contributed by atoms with E-state index in [1.165, 1.54) is 77.9 Å². The maximum Gasteiger partial charge on any atom is 0.0462 e. The molecule has 2 aliphatic rings. The average molecular weight is 706 g/mol. The van der Waals surface area contributed by atoms with Crippen LogP contribution in [-0.2, 0) is 10.8 Å². The Hall–Kier alpha value is -6.44. The van der Waals surface area contributed by atoms with E-state index in [1.54, 1.807) is 0 Å². The third-order valence-electron chi connectivity index (χ3n) is 12.3. The number of hydrogen-bond acceptors (Lipinski definition) is 1. The molecule has 55 heavy (non-hydrogen) atoms. The standard InChI is InChI=1S/C54H43N/c1-53(2)49-16-10-8-14-45(49)47-34-40(24-32-51(47)53)38-20-28-43(29-21-38)55(42-26-18-37(19-27-42)36-12-6-5-7-13-36)44-30-22-39(23-31-44)41-25-33-52-48(35-41)46-15-9-11-17-50(46)54(52,3)4/h5-35H,1-4H3. The molecule has 1 heteroatoms. The number of nitrogens with zero attached hydrogens (tertiary/aromatic N) is 1. The van der Waals surface area contributed by atoms with Crippen LogP contribution in [0.1, 0.15) is 49.9 Å². The molecule has 0 saturated carbocycles. The Morgan fingerprint density at radius 1 is 0.273 bits per heavy atom. The lowest BCUT2D eigenvalue weighted by molar-refractivity contribution is 0.660. The molecule has 0 heterocycles. The van der Waals surface area contributed by atoms with Crippen molar-refractivity contribution < 1.29 is 0 Å². The zero-order valence-corrected chi connectivity index (χ0v) is 31.8. The predicted molar refractivity (Wildman–Crippen MR) is 233 cm³/mol. The van der Waals surface area contributed by atoms with Crippen LogP contribution in [0.25, 0.3) is 55.6 Å². The first-order chi connectivity index (χ1) is 26.8. The van der Waals surface area contributed by atoms with E-state index in [9.17, 15) is 0 Å². The smallest absolute Gasteiger partial charge is 0.0462 e. The molecule has 8 aromatic carbocycles.